The molecule has 1 heterocycles. The third-order valence-corrected chi connectivity index (χ3v) is 4.95. The molecule has 4 rings (SSSR count). The zero-order valence-electron chi connectivity index (χ0n) is 17.1. The van der Waals surface area contributed by atoms with Crippen LogP contribution in [0, 0.1) is 5.82 Å². The standard InChI is InChI=1S/C25H22FN3O2/c1-31-23-14-8-6-12-20(23)24-21(17-29(28-24)16-18-9-3-2-4-10-18)25(30)27-15-19-11-5-7-13-22(19)26/h2-14,17H,15-16H2,1H3,(H,27,30). The molecule has 0 spiro atoms. The van der Waals surface area contributed by atoms with Crippen LogP contribution in [0.25, 0.3) is 11.3 Å². The van der Waals surface area contributed by atoms with Crippen molar-refractivity contribution in [3.05, 3.63) is 108 Å². The largest absolute Gasteiger partial charge is 0.496 e. The lowest BCUT2D eigenvalue weighted by atomic mass is 10.1. The predicted octanol–water partition coefficient (Wildman–Crippen LogP) is 4.68. The van der Waals surface area contributed by atoms with Crippen LogP contribution in [0.4, 0.5) is 4.39 Å². The van der Waals surface area contributed by atoms with Gasteiger partial charge in [-0.2, -0.15) is 5.10 Å². The second kappa shape index (κ2) is 9.26. The van der Waals surface area contributed by atoms with Crippen molar-refractivity contribution in [2.75, 3.05) is 7.11 Å². The number of nitrogens with zero attached hydrogens (tertiary/aromatic N) is 2. The Labute approximate surface area is 180 Å². The monoisotopic (exact) mass is 415 g/mol. The highest BCUT2D eigenvalue weighted by Gasteiger charge is 2.20. The van der Waals surface area contributed by atoms with Crippen LogP contribution >= 0.6 is 0 Å². The molecule has 0 aliphatic heterocycles. The molecule has 0 bridgehead atoms. The van der Waals surface area contributed by atoms with Crippen LogP contribution in [-0.4, -0.2) is 22.8 Å². The number of para-hydroxylation sites is 1. The van der Waals surface area contributed by atoms with Crippen molar-refractivity contribution < 1.29 is 13.9 Å². The van der Waals surface area contributed by atoms with Gasteiger partial charge in [-0.1, -0.05) is 60.7 Å². The first-order valence-corrected chi connectivity index (χ1v) is 9.92. The van der Waals surface area contributed by atoms with Crippen molar-refractivity contribution >= 4 is 5.91 Å². The number of hydrogen-bond acceptors (Lipinski definition) is 3. The maximum absolute atomic E-state index is 13.9. The van der Waals surface area contributed by atoms with Crippen molar-refractivity contribution in [3.63, 3.8) is 0 Å². The SMILES string of the molecule is COc1ccccc1-c1nn(Cc2ccccc2)cc1C(=O)NCc1ccccc1F. The highest BCUT2D eigenvalue weighted by molar-refractivity contribution is 6.00. The van der Waals surface area contributed by atoms with E-state index in [0.29, 0.717) is 34.7 Å². The normalized spacial score (nSPS) is 10.6. The Balaban J connectivity index is 1.67. The van der Waals surface area contributed by atoms with Gasteiger partial charge in [-0.05, 0) is 23.8 Å². The van der Waals surface area contributed by atoms with Crippen molar-refractivity contribution in [3.8, 4) is 17.0 Å². The molecule has 5 nitrogen and oxygen atoms in total. The molecule has 0 radical (unpaired) electrons. The first-order chi connectivity index (χ1) is 15.2. The zero-order chi connectivity index (χ0) is 21.6. The number of carbonyl (C=O) groups excluding carboxylic acids is 1. The van der Waals surface area contributed by atoms with Gasteiger partial charge in [-0.3, -0.25) is 9.48 Å². The van der Waals surface area contributed by atoms with Gasteiger partial charge in [-0.25, -0.2) is 4.39 Å². The molecule has 1 aromatic heterocycles. The average molecular weight is 415 g/mol. The molecule has 6 heteroatoms. The number of halogens is 1. The summed E-state index contributed by atoms with van der Waals surface area (Å²) in [5, 5.41) is 7.49. The predicted molar refractivity (Wildman–Crippen MR) is 117 cm³/mol. The van der Waals surface area contributed by atoms with Crippen molar-refractivity contribution in [1.82, 2.24) is 15.1 Å². The molecule has 0 aliphatic rings. The number of carbonyl (C=O) groups is 1. The summed E-state index contributed by atoms with van der Waals surface area (Å²) in [6, 6.07) is 23.7. The number of hydrogen-bond donors (Lipinski definition) is 1. The lowest BCUT2D eigenvalue weighted by Gasteiger charge is -2.09. The summed E-state index contributed by atoms with van der Waals surface area (Å²) in [4.78, 5) is 13.1. The van der Waals surface area contributed by atoms with E-state index in [2.05, 4.69) is 10.4 Å². The smallest absolute Gasteiger partial charge is 0.255 e. The number of methoxy groups -OCH3 is 1. The van der Waals surface area contributed by atoms with Crippen molar-refractivity contribution in [1.29, 1.82) is 0 Å². The highest BCUT2D eigenvalue weighted by atomic mass is 19.1. The van der Waals surface area contributed by atoms with Crippen molar-refractivity contribution in [2.24, 2.45) is 0 Å². The van der Waals surface area contributed by atoms with Crippen LogP contribution in [0.3, 0.4) is 0 Å². The second-order valence-electron chi connectivity index (χ2n) is 7.05. The molecule has 1 amide bonds. The van der Waals surface area contributed by atoms with E-state index in [4.69, 9.17) is 4.74 Å². The van der Waals surface area contributed by atoms with E-state index in [1.54, 1.807) is 36.2 Å². The zero-order valence-corrected chi connectivity index (χ0v) is 17.1. The topological polar surface area (TPSA) is 56.2 Å². The molecule has 0 aliphatic carbocycles. The molecule has 3 aromatic carbocycles. The van der Waals surface area contributed by atoms with Crippen LogP contribution in [0.15, 0.2) is 85.1 Å². The van der Waals surface area contributed by atoms with Crippen LogP contribution < -0.4 is 10.1 Å². The number of amides is 1. The van der Waals surface area contributed by atoms with Gasteiger partial charge in [-0.15, -0.1) is 0 Å². The molecule has 0 unspecified atom stereocenters. The summed E-state index contributed by atoms with van der Waals surface area (Å²) >= 11 is 0. The van der Waals surface area contributed by atoms with Crippen LogP contribution in [-0.2, 0) is 13.1 Å². The first-order valence-electron chi connectivity index (χ1n) is 9.92. The fraction of sp³-hybridized carbons (Fsp3) is 0.120. The maximum atomic E-state index is 13.9. The Kier molecular flexibility index (Phi) is 6.08. The number of benzene rings is 3. The fourth-order valence-corrected chi connectivity index (χ4v) is 3.39. The summed E-state index contributed by atoms with van der Waals surface area (Å²) in [5.74, 6) is -0.0633. The Morgan fingerprint density at radius 2 is 1.71 bits per heavy atom. The van der Waals surface area contributed by atoms with E-state index in [0.717, 1.165) is 5.56 Å². The summed E-state index contributed by atoms with van der Waals surface area (Å²) < 4.78 is 21.2. The number of aromatic nitrogens is 2. The van der Waals surface area contributed by atoms with Gasteiger partial charge < -0.3 is 10.1 Å². The Bertz CT molecular complexity index is 1190. The Morgan fingerprint density at radius 1 is 1.00 bits per heavy atom. The highest BCUT2D eigenvalue weighted by Crippen LogP contribution is 2.31. The molecule has 156 valence electrons. The lowest BCUT2D eigenvalue weighted by Crippen LogP contribution is -2.23. The van der Waals surface area contributed by atoms with E-state index >= 15 is 0 Å². The Morgan fingerprint density at radius 3 is 2.48 bits per heavy atom. The van der Waals surface area contributed by atoms with E-state index in [9.17, 15) is 9.18 Å². The summed E-state index contributed by atoms with van der Waals surface area (Å²) in [5.41, 5.74) is 3.12. The van der Waals surface area contributed by atoms with Gasteiger partial charge in [0.15, 0.2) is 0 Å². The van der Waals surface area contributed by atoms with Crippen LogP contribution in [0.5, 0.6) is 5.75 Å². The average Bonchev–Trinajstić information content (AvgIpc) is 3.22. The molecule has 0 atom stereocenters. The third kappa shape index (κ3) is 4.64. The van der Waals surface area contributed by atoms with Gasteiger partial charge in [0.2, 0.25) is 0 Å². The van der Waals surface area contributed by atoms with Crippen molar-refractivity contribution in [2.45, 2.75) is 13.1 Å². The molecule has 1 N–H and O–H groups in total. The van der Waals surface area contributed by atoms with Crippen LogP contribution in [0.2, 0.25) is 0 Å². The first kappa shape index (κ1) is 20.3. The van der Waals surface area contributed by atoms with Crippen LogP contribution in [0.1, 0.15) is 21.5 Å². The molecule has 4 aromatic rings. The van der Waals surface area contributed by atoms with E-state index < -0.39 is 0 Å². The van der Waals surface area contributed by atoms with E-state index in [1.807, 2.05) is 54.6 Å². The molecule has 0 saturated carbocycles. The van der Waals surface area contributed by atoms with Gasteiger partial charge >= 0.3 is 0 Å². The molecular formula is C25H22FN3O2. The molecule has 0 saturated heterocycles. The summed E-state index contributed by atoms with van der Waals surface area (Å²) in [6.45, 7) is 0.602. The quantitative estimate of drug-likeness (QED) is 0.477. The molecule has 0 fully saturated rings. The van der Waals surface area contributed by atoms with E-state index in [-0.39, 0.29) is 18.3 Å². The molecule has 31 heavy (non-hydrogen) atoms. The lowest BCUT2D eigenvalue weighted by molar-refractivity contribution is 0.0951. The number of nitrogens with one attached hydrogen (secondary N) is 1. The minimum absolute atomic E-state index is 0.0841. The minimum Gasteiger partial charge on any atom is -0.496 e. The number of rotatable bonds is 7. The third-order valence-electron chi connectivity index (χ3n) is 4.95. The van der Waals surface area contributed by atoms with Gasteiger partial charge in [0.25, 0.3) is 5.91 Å². The summed E-state index contributed by atoms with van der Waals surface area (Å²) in [6.07, 6.45) is 1.71. The van der Waals surface area contributed by atoms with Gasteiger partial charge in [0.1, 0.15) is 17.3 Å². The summed E-state index contributed by atoms with van der Waals surface area (Å²) in [7, 11) is 1.58. The second-order valence-corrected chi connectivity index (χ2v) is 7.05. The number of ether oxygens (including phenoxy) is 1. The maximum Gasteiger partial charge on any atom is 0.255 e. The molecular weight excluding hydrogens is 393 g/mol. The van der Waals surface area contributed by atoms with E-state index in [1.165, 1.54) is 6.07 Å². The van der Waals surface area contributed by atoms with Gasteiger partial charge in [0.05, 0.1) is 19.2 Å². The van der Waals surface area contributed by atoms with Gasteiger partial charge in [0, 0.05) is 23.9 Å². The Hall–Kier alpha value is -3.93. The fourth-order valence-electron chi connectivity index (χ4n) is 3.39. The minimum atomic E-state index is -0.354.